The summed E-state index contributed by atoms with van der Waals surface area (Å²) in [5.41, 5.74) is -2.03. The van der Waals surface area contributed by atoms with Gasteiger partial charge in [-0.3, -0.25) is 8.25 Å². The molecule has 2 aliphatic rings. The topological polar surface area (TPSA) is 153 Å². The van der Waals surface area contributed by atoms with Crippen LogP contribution in [0, 0.1) is 12.7 Å². The van der Waals surface area contributed by atoms with Crippen molar-refractivity contribution in [3.63, 3.8) is 0 Å². The molecule has 5 aromatic carbocycles. The lowest BCUT2D eigenvalue weighted by Gasteiger charge is -2.37. The van der Waals surface area contributed by atoms with Crippen LogP contribution in [0.4, 0.5) is 40.3 Å². The lowest BCUT2D eigenvalue weighted by Crippen LogP contribution is -2.46. The SMILES string of the molecule is Cc1c(S(C)(=O)=O)c(-c2cc(F)cc(N3CCN(c4ccc(NS(=O)(=O)c5ccc(N[C@H](CCN6CCC(NI)CC6)CSc6ccccc6)c(S(=O)(=O)C(F)(F)F)c5)cc4)CC3)c2)c(-c2ccc(Cl)cc2)n1C(C)C. The molecule has 408 valence electrons. The Balaban J connectivity index is 0.983. The van der Waals surface area contributed by atoms with Gasteiger partial charge in [0.2, 0.25) is 0 Å². The van der Waals surface area contributed by atoms with Gasteiger partial charge in [0.15, 0.2) is 9.84 Å². The number of aromatic nitrogens is 1. The predicted octanol–water partition coefficient (Wildman–Crippen LogP) is 11.7. The van der Waals surface area contributed by atoms with Crippen LogP contribution in [-0.2, 0) is 29.7 Å². The Hall–Kier alpha value is -4.56. The van der Waals surface area contributed by atoms with Crippen molar-refractivity contribution < 1.29 is 42.8 Å². The number of hydrogen-bond donors (Lipinski definition) is 3. The summed E-state index contributed by atoms with van der Waals surface area (Å²) in [6.07, 6.45) is 3.50. The highest BCUT2D eigenvalue weighted by atomic mass is 127. The van der Waals surface area contributed by atoms with Gasteiger partial charge in [0.25, 0.3) is 19.9 Å². The number of nitrogens with zero attached hydrogens (tertiary/aromatic N) is 4. The third-order valence-corrected chi connectivity index (χ3v) is 20.1. The van der Waals surface area contributed by atoms with E-state index in [0.717, 1.165) is 60.5 Å². The van der Waals surface area contributed by atoms with Crippen LogP contribution in [0.25, 0.3) is 22.4 Å². The van der Waals surface area contributed by atoms with Gasteiger partial charge in [-0.15, -0.1) is 11.8 Å². The molecule has 0 radical (unpaired) electrons. The maximum atomic E-state index is 15.8. The largest absolute Gasteiger partial charge is 0.501 e. The quantitative estimate of drug-likeness (QED) is 0.0306. The van der Waals surface area contributed by atoms with Crippen LogP contribution in [0.1, 0.15) is 44.8 Å². The number of thioether (sulfide) groups is 1. The van der Waals surface area contributed by atoms with Crippen molar-refractivity contribution in [3.8, 4) is 22.4 Å². The number of likely N-dealkylation sites (tertiary alicyclic amines) is 1. The average Bonchev–Trinajstić information content (AvgIpc) is 3.71. The first-order chi connectivity index (χ1) is 35.9. The molecule has 2 aliphatic heterocycles. The Morgan fingerprint density at radius 2 is 1.41 bits per heavy atom. The fourth-order valence-electron chi connectivity index (χ4n) is 9.89. The molecule has 0 bridgehead atoms. The minimum atomic E-state index is -6.04. The minimum absolute atomic E-state index is 0.0846. The smallest absolute Gasteiger partial charge is 0.380 e. The monoisotopic (exact) mass is 1260 g/mol. The number of benzene rings is 5. The summed E-state index contributed by atoms with van der Waals surface area (Å²) in [7, 11) is -14.5. The molecule has 1 atom stereocenters. The molecule has 1 aromatic heterocycles. The molecule has 13 nitrogen and oxygen atoms in total. The summed E-state index contributed by atoms with van der Waals surface area (Å²) in [6, 6.07) is 29.9. The number of sulfonamides is 1. The Morgan fingerprint density at radius 1 is 0.776 bits per heavy atom. The molecule has 0 saturated carbocycles. The van der Waals surface area contributed by atoms with E-state index in [4.69, 9.17) is 11.6 Å². The van der Waals surface area contributed by atoms with Crippen molar-refractivity contribution >= 4 is 98.7 Å². The fraction of sp³-hybridized carbons (Fsp3) is 0.358. The summed E-state index contributed by atoms with van der Waals surface area (Å²) in [5.74, 6) is -0.154. The molecule has 0 spiro atoms. The summed E-state index contributed by atoms with van der Waals surface area (Å²) >= 11 is 9.86. The Bertz CT molecular complexity index is 3360. The molecular weight excluding hydrogens is 1200 g/mol. The van der Waals surface area contributed by atoms with Crippen LogP contribution in [0.2, 0.25) is 5.02 Å². The zero-order chi connectivity index (χ0) is 54.7. The minimum Gasteiger partial charge on any atom is -0.380 e. The van der Waals surface area contributed by atoms with E-state index < -0.39 is 56.9 Å². The molecule has 0 amide bonds. The Labute approximate surface area is 466 Å². The van der Waals surface area contributed by atoms with Crippen LogP contribution < -0.4 is 23.4 Å². The number of halogens is 6. The highest BCUT2D eigenvalue weighted by Crippen LogP contribution is 2.45. The second kappa shape index (κ2) is 23.8. The van der Waals surface area contributed by atoms with Crippen molar-refractivity contribution in [3.05, 3.63) is 132 Å². The van der Waals surface area contributed by atoms with E-state index in [1.54, 1.807) is 37.3 Å². The average molecular weight is 1260 g/mol. The zero-order valence-electron chi connectivity index (χ0n) is 42.1. The molecule has 2 fully saturated rings. The number of sulfone groups is 2. The van der Waals surface area contributed by atoms with E-state index in [2.05, 4.69) is 46.2 Å². The van der Waals surface area contributed by atoms with Crippen LogP contribution in [0.15, 0.2) is 135 Å². The van der Waals surface area contributed by atoms with Crippen LogP contribution in [0.3, 0.4) is 0 Å². The maximum absolute atomic E-state index is 15.8. The van der Waals surface area contributed by atoms with Crippen molar-refractivity contribution in [2.24, 2.45) is 0 Å². The standard InChI is InChI=1S/C53H59ClF4IN7O6S4/c1-35(2)66-36(3)52(74(4,67)68)50(51(66)37-10-12-39(54)13-11-37)38-30-40(55)32-45(31-38)65-28-26-64(27-29-65)44-16-14-42(15-17-44)62-76(71,72)47-18-19-48(49(33-47)75(69,70)53(56,57)58)60-43(34-73-46-8-6-5-7-9-46)22-25-63-23-20-41(61-59)21-24-63/h5-19,30-33,35,41,43,60-62H,20-29,34H2,1-4H3/t43-/m1/s1. The number of alkyl halides is 3. The third kappa shape index (κ3) is 13.3. The van der Waals surface area contributed by atoms with E-state index in [9.17, 15) is 38.4 Å². The summed E-state index contributed by atoms with van der Waals surface area (Å²) in [5, 5.41) is 3.57. The molecule has 23 heteroatoms. The normalized spacial score (nSPS) is 15.8. The lowest BCUT2D eigenvalue weighted by atomic mass is 9.99. The first-order valence-electron chi connectivity index (χ1n) is 24.6. The van der Waals surface area contributed by atoms with Gasteiger partial charge < -0.3 is 24.6 Å². The van der Waals surface area contributed by atoms with Crippen molar-refractivity contribution in [2.75, 3.05) is 77.7 Å². The number of hydrogen-bond acceptors (Lipinski definition) is 12. The van der Waals surface area contributed by atoms with Gasteiger partial charge in [0, 0.05) is 124 Å². The van der Waals surface area contributed by atoms with E-state index in [1.165, 1.54) is 36.0 Å². The van der Waals surface area contributed by atoms with Crippen LogP contribution >= 0.6 is 46.2 Å². The zero-order valence-corrected chi connectivity index (χ0v) is 48.3. The Kier molecular flexibility index (Phi) is 18.0. The van der Waals surface area contributed by atoms with E-state index >= 15 is 4.39 Å². The van der Waals surface area contributed by atoms with Gasteiger partial charge in [-0.2, -0.15) is 13.2 Å². The van der Waals surface area contributed by atoms with Gasteiger partial charge >= 0.3 is 5.51 Å². The number of rotatable bonds is 19. The van der Waals surface area contributed by atoms with Crippen molar-refractivity contribution in [1.29, 1.82) is 0 Å². The van der Waals surface area contributed by atoms with Gasteiger partial charge in [-0.1, -0.05) is 41.9 Å². The van der Waals surface area contributed by atoms with Crippen molar-refractivity contribution in [2.45, 2.75) is 83.2 Å². The van der Waals surface area contributed by atoms with Crippen LogP contribution in [0.5, 0.6) is 0 Å². The number of nitrogens with one attached hydrogen (secondary N) is 3. The molecular formula is C53H59ClF4IN7O6S4. The van der Waals surface area contributed by atoms with Gasteiger partial charge in [-0.25, -0.2) is 29.6 Å². The number of anilines is 4. The van der Waals surface area contributed by atoms with Gasteiger partial charge in [0.05, 0.1) is 21.2 Å². The van der Waals surface area contributed by atoms with Gasteiger partial charge in [0.1, 0.15) is 10.7 Å². The van der Waals surface area contributed by atoms with E-state index in [0.29, 0.717) is 90.2 Å². The Morgan fingerprint density at radius 3 is 2.00 bits per heavy atom. The summed E-state index contributed by atoms with van der Waals surface area (Å²) < 4.78 is 148. The second-order valence-electron chi connectivity index (χ2n) is 19.3. The first kappa shape index (κ1) is 57.6. The fourth-order valence-corrected chi connectivity index (χ4v) is 15.0. The highest BCUT2D eigenvalue weighted by Gasteiger charge is 2.48. The molecule has 3 N–H and O–H groups in total. The van der Waals surface area contributed by atoms with Crippen LogP contribution in [-0.4, -0.2) is 110 Å². The maximum Gasteiger partial charge on any atom is 0.501 e. The molecule has 6 aromatic rings. The molecule has 0 unspecified atom stereocenters. The summed E-state index contributed by atoms with van der Waals surface area (Å²) in [4.78, 5) is 5.50. The summed E-state index contributed by atoms with van der Waals surface area (Å²) in [6.45, 7) is 9.78. The molecule has 76 heavy (non-hydrogen) atoms. The first-order valence-corrected chi connectivity index (χ1v) is 31.9. The van der Waals surface area contributed by atoms with E-state index in [-0.39, 0.29) is 22.3 Å². The number of piperazine rings is 1. The molecule has 3 heterocycles. The predicted molar refractivity (Wildman–Crippen MR) is 306 cm³/mol. The molecule has 2 saturated heterocycles. The molecule has 0 aliphatic carbocycles. The van der Waals surface area contributed by atoms with Crippen molar-refractivity contribution in [1.82, 2.24) is 13.0 Å². The third-order valence-electron chi connectivity index (χ3n) is 13.6. The van der Waals surface area contributed by atoms with Gasteiger partial charge in [-0.05, 0) is 149 Å². The van der Waals surface area contributed by atoms with E-state index in [1.807, 2.05) is 65.8 Å². The lowest BCUT2D eigenvalue weighted by molar-refractivity contribution is -0.0435. The highest BCUT2D eigenvalue weighted by molar-refractivity contribution is 14.1. The molecule has 8 rings (SSSR count). The second-order valence-corrected chi connectivity index (χ2v) is 27.0. The number of piperidine rings is 1.